The van der Waals surface area contributed by atoms with Gasteiger partial charge in [-0.2, -0.15) is 0 Å². The molecule has 1 aromatic heterocycles. The number of anilines is 1. The van der Waals surface area contributed by atoms with E-state index in [1.165, 1.54) is 11.3 Å². The number of hydrogen-bond acceptors (Lipinski definition) is 5. The van der Waals surface area contributed by atoms with Crippen LogP contribution < -0.4 is 14.8 Å². The van der Waals surface area contributed by atoms with Gasteiger partial charge in [0.1, 0.15) is 11.5 Å². The third-order valence-electron chi connectivity index (χ3n) is 2.98. The summed E-state index contributed by atoms with van der Waals surface area (Å²) in [6, 6.07) is 7.15. The summed E-state index contributed by atoms with van der Waals surface area (Å²) in [6.45, 7) is 5.58. The van der Waals surface area contributed by atoms with E-state index in [9.17, 15) is 4.79 Å². The number of amides is 1. The summed E-state index contributed by atoms with van der Waals surface area (Å²) in [5, 5.41) is 3.36. The van der Waals surface area contributed by atoms with E-state index in [0.717, 1.165) is 10.6 Å². The number of carbonyl (C=O) groups is 1. The molecule has 0 radical (unpaired) electrons. The Labute approximate surface area is 127 Å². The second kappa shape index (κ2) is 6.58. The van der Waals surface area contributed by atoms with Crippen molar-refractivity contribution in [3.8, 4) is 11.5 Å². The Morgan fingerprint density at radius 3 is 2.67 bits per heavy atom. The van der Waals surface area contributed by atoms with E-state index < -0.39 is 6.10 Å². The molecule has 1 atom stereocenters. The van der Waals surface area contributed by atoms with Gasteiger partial charge in [-0.3, -0.25) is 10.1 Å². The first-order chi connectivity index (χ1) is 9.99. The lowest BCUT2D eigenvalue weighted by molar-refractivity contribution is -0.122. The second-order valence-electron chi connectivity index (χ2n) is 4.59. The number of rotatable bonds is 5. The van der Waals surface area contributed by atoms with E-state index in [-0.39, 0.29) is 5.91 Å². The van der Waals surface area contributed by atoms with E-state index in [1.807, 2.05) is 26.0 Å². The lowest BCUT2D eigenvalue weighted by atomic mass is 10.3. The summed E-state index contributed by atoms with van der Waals surface area (Å²) < 4.78 is 10.7. The van der Waals surface area contributed by atoms with Crippen molar-refractivity contribution in [3.63, 3.8) is 0 Å². The van der Waals surface area contributed by atoms with Crippen LogP contribution in [-0.4, -0.2) is 24.1 Å². The van der Waals surface area contributed by atoms with Crippen LogP contribution in [0.5, 0.6) is 11.5 Å². The van der Waals surface area contributed by atoms with Crippen LogP contribution in [0.3, 0.4) is 0 Å². The first-order valence-electron chi connectivity index (χ1n) is 6.55. The molecule has 1 unspecified atom stereocenters. The molecule has 0 bridgehead atoms. The van der Waals surface area contributed by atoms with E-state index in [0.29, 0.717) is 16.6 Å². The SMILES string of the molecule is COc1cccc(OC(C)C(=O)Nc2nc(C)c(C)s2)c1. The molecule has 0 aliphatic heterocycles. The molecule has 0 saturated heterocycles. The van der Waals surface area contributed by atoms with Crippen LogP contribution in [0.1, 0.15) is 17.5 Å². The van der Waals surface area contributed by atoms with Gasteiger partial charge >= 0.3 is 0 Å². The number of nitrogens with zero attached hydrogens (tertiary/aromatic N) is 1. The predicted octanol–water partition coefficient (Wildman–Crippen LogP) is 3.17. The molecule has 1 aromatic carbocycles. The molecule has 0 saturated carbocycles. The fourth-order valence-electron chi connectivity index (χ4n) is 1.67. The largest absolute Gasteiger partial charge is 0.497 e. The Morgan fingerprint density at radius 1 is 1.33 bits per heavy atom. The van der Waals surface area contributed by atoms with Crippen molar-refractivity contribution >= 4 is 22.4 Å². The Kier molecular flexibility index (Phi) is 4.80. The summed E-state index contributed by atoms with van der Waals surface area (Å²) >= 11 is 1.45. The van der Waals surface area contributed by atoms with Gasteiger partial charge in [0.2, 0.25) is 0 Å². The zero-order valence-corrected chi connectivity index (χ0v) is 13.3. The van der Waals surface area contributed by atoms with Crippen LogP contribution in [-0.2, 0) is 4.79 Å². The maximum Gasteiger partial charge on any atom is 0.266 e. The smallest absolute Gasteiger partial charge is 0.266 e. The zero-order chi connectivity index (χ0) is 15.4. The number of benzene rings is 1. The van der Waals surface area contributed by atoms with Crippen molar-refractivity contribution in [2.45, 2.75) is 26.9 Å². The van der Waals surface area contributed by atoms with E-state index in [2.05, 4.69) is 10.3 Å². The average Bonchev–Trinajstić information content (AvgIpc) is 2.77. The molecule has 0 spiro atoms. The first kappa shape index (κ1) is 15.3. The standard InChI is InChI=1S/C15H18N2O3S/c1-9-11(3)21-15(16-9)17-14(18)10(2)20-13-7-5-6-12(8-13)19-4/h5-8,10H,1-4H3,(H,16,17,18). The minimum absolute atomic E-state index is 0.230. The number of aromatic nitrogens is 1. The fraction of sp³-hybridized carbons (Fsp3) is 0.333. The van der Waals surface area contributed by atoms with E-state index >= 15 is 0 Å². The van der Waals surface area contributed by atoms with Crippen LogP contribution in [0.25, 0.3) is 0 Å². The number of ether oxygens (including phenoxy) is 2. The topological polar surface area (TPSA) is 60.5 Å². The van der Waals surface area contributed by atoms with Gasteiger partial charge in [-0.1, -0.05) is 6.07 Å². The van der Waals surface area contributed by atoms with Crippen LogP contribution >= 0.6 is 11.3 Å². The average molecular weight is 306 g/mol. The molecular weight excluding hydrogens is 288 g/mol. The number of methoxy groups -OCH3 is 1. The number of nitrogens with one attached hydrogen (secondary N) is 1. The van der Waals surface area contributed by atoms with Crippen LogP contribution in [0, 0.1) is 13.8 Å². The molecule has 2 rings (SSSR count). The summed E-state index contributed by atoms with van der Waals surface area (Å²) in [5.41, 5.74) is 0.927. The second-order valence-corrected chi connectivity index (χ2v) is 5.79. The normalized spacial score (nSPS) is 11.8. The van der Waals surface area contributed by atoms with Crippen molar-refractivity contribution in [2.24, 2.45) is 0 Å². The van der Waals surface area contributed by atoms with Crippen molar-refractivity contribution in [2.75, 3.05) is 12.4 Å². The number of aryl methyl sites for hydroxylation is 2. The Hall–Kier alpha value is -2.08. The Morgan fingerprint density at radius 2 is 2.05 bits per heavy atom. The first-order valence-corrected chi connectivity index (χ1v) is 7.37. The molecule has 0 aliphatic rings. The van der Waals surface area contributed by atoms with Gasteiger partial charge in [-0.15, -0.1) is 11.3 Å². The van der Waals surface area contributed by atoms with Gasteiger partial charge in [0.15, 0.2) is 11.2 Å². The maximum atomic E-state index is 12.1. The summed E-state index contributed by atoms with van der Waals surface area (Å²) in [5.74, 6) is 1.04. The molecule has 21 heavy (non-hydrogen) atoms. The van der Waals surface area contributed by atoms with Crippen molar-refractivity contribution in [1.82, 2.24) is 4.98 Å². The predicted molar refractivity (Wildman–Crippen MR) is 83.3 cm³/mol. The van der Waals surface area contributed by atoms with Crippen LogP contribution in [0.4, 0.5) is 5.13 Å². The lowest BCUT2D eigenvalue weighted by Gasteiger charge is -2.14. The highest BCUT2D eigenvalue weighted by Gasteiger charge is 2.17. The van der Waals surface area contributed by atoms with Crippen LogP contribution in [0.15, 0.2) is 24.3 Å². The van der Waals surface area contributed by atoms with Gasteiger partial charge in [-0.05, 0) is 32.9 Å². The molecule has 0 fully saturated rings. The monoisotopic (exact) mass is 306 g/mol. The fourth-order valence-corrected chi connectivity index (χ4v) is 2.48. The van der Waals surface area contributed by atoms with Crippen molar-refractivity contribution in [1.29, 1.82) is 0 Å². The highest BCUT2D eigenvalue weighted by molar-refractivity contribution is 7.15. The number of carbonyl (C=O) groups excluding carboxylic acids is 1. The summed E-state index contributed by atoms with van der Waals surface area (Å²) in [4.78, 5) is 17.5. The highest BCUT2D eigenvalue weighted by Crippen LogP contribution is 2.22. The molecular formula is C15H18N2O3S. The summed E-state index contributed by atoms with van der Waals surface area (Å²) in [6.07, 6.45) is -0.624. The van der Waals surface area contributed by atoms with E-state index in [1.54, 1.807) is 26.2 Å². The third-order valence-corrected chi connectivity index (χ3v) is 3.97. The van der Waals surface area contributed by atoms with Crippen molar-refractivity contribution in [3.05, 3.63) is 34.8 Å². The van der Waals surface area contributed by atoms with Crippen molar-refractivity contribution < 1.29 is 14.3 Å². The molecule has 6 heteroatoms. The number of thiazole rings is 1. The minimum atomic E-state index is -0.624. The van der Waals surface area contributed by atoms with Gasteiger partial charge in [0, 0.05) is 10.9 Å². The van der Waals surface area contributed by atoms with Gasteiger partial charge in [0.05, 0.1) is 12.8 Å². The Bertz CT molecular complexity index is 620. The minimum Gasteiger partial charge on any atom is -0.497 e. The number of hydrogen-bond donors (Lipinski definition) is 1. The maximum absolute atomic E-state index is 12.1. The molecule has 0 aliphatic carbocycles. The molecule has 112 valence electrons. The highest BCUT2D eigenvalue weighted by atomic mass is 32.1. The zero-order valence-electron chi connectivity index (χ0n) is 12.5. The van der Waals surface area contributed by atoms with Gasteiger partial charge in [-0.25, -0.2) is 4.98 Å². The molecule has 2 aromatic rings. The Balaban J connectivity index is 1.98. The van der Waals surface area contributed by atoms with E-state index in [4.69, 9.17) is 9.47 Å². The van der Waals surface area contributed by atoms with Gasteiger partial charge < -0.3 is 9.47 Å². The molecule has 1 N–H and O–H groups in total. The van der Waals surface area contributed by atoms with Crippen LogP contribution in [0.2, 0.25) is 0 Å². The molecule has 5 nitrogen and oxygen atoms in total. The lowest BCUT2D eigenvalue weighted by Crippen LogP contribution is -2.30. The quantitative estimate of drug-likeness (QED) is 0.921. The third kappa shape index (κ3) is 3.95. The molecule has 1 amide bonds. The summed E-state index contributed by atoms with van der Waals surface area (Å²) in [7, 11) is 1.59. The molecule has 1 heterocycles. The van der Waals surface area contributed by atoms with Gasteiger partial charge in [0.25, 0.3) is 5.91 Å².